The second-order valence-electron chi connectivity index (χ2n) is 6.35. The van der Waals surface area contributed by atoms with Crippen LogP contribution in [0.2, 0.25) is 0 Å². The zero-order chi connectivity index (χ0) is 14.1. The Morgan fingerprint density at radius 3 is 1.94 bits per heavy atom. The van der Waals surface area contributed by atoms with Gasteiger partial charge in [0.05, 0.1) is 6.61 Å². The highest BCUT2D eigenvalue weighted by molar-refractivity contribution is 4.78. The van der Waals surface area contributed by atoms with Gasteiger partial charge in [-0.2, -0.15) is 0 Å². The molecule has 0 spiro atoms. The highest BCUT2D eigenvalue weighted by atomic mass is 16.5. The number of rotatable bonds is 10. The van der Waals surface area contributed by atoms with Crippen molar-refractivity contribution in [2.45, 2.75) is 53.6 Å². The third-order valence-corrected chi connectivity index (χ3v) is 3.00. The van der Waals surface area contributed by atoms with Crippen molar-refractivity contribution >= 4 is 0 Å². The van der Waals surface area contributed by atoms with Crippen LogP contribution in [0.3, 0.4) is 0 Å². The molecular weight excluding hydrogens is 224 g/mol. The van der Waals surface area contributed by atoms with E-state index in [1.165, 1.54) is 0 Å². The maximum atomic E-state index is 5.39. The lowest BCUT2D eigenvalue weighted by Crippen LogP contribution is -2.50. The van der Waals surface area contributed by atoms with Crippen LogP contribution < -0.4 is 5.32 Å². The van der Waals surface area contributed by atoms with E-state index in [9.17, 15) is 0 Å². The summed E-state index contributed by atoms with van der Waals surface area (Å²) in [6.45, 7) is 17.6. The number of nitrogens with one attached hydrogen (secondary N) is 1. The number of ether oxygens (including phenoxy) is 1. The minimum absolute atomic E-state index is 0.469. The molecule has 0 amide bonds. The first kappa shape index (κ1) is 17.9. The van der Waals surface area contributed by atoms with Crippen LogP contribution in [0.1, 0.15) is 41.5 Å². The van der Waals surface area contributed by atoms with Gasteiger partial charge in [0.15, 0.2) is 0 Å². The Balaban J connectivity index is 4.39. The predicted molar refractivity (Wildman–Crippen MR) is 80.1 cm³/mol. The molecule has 0 aliphatic heterocycles. The quantitative estimate of drug-likeness (QED) is 0.652. The second kappa shape index (κ2) is 9.76. The van der Waals surface area contributed by atoms with E-state index in [0.29, 0.717) is 23.9 Å². The Kier molecular flexibility index (Phi) is 9.70. The molecule has 3 heteroatoms. The fourth-order valence-corrected chi connectivity index (χ4v) is 2.21. The van der Waals surface area contributed by atoms with Crippen molar-refractivity contribution < 1.29 is 4.74 Å². The molecule has 1 unspecified atom stereocenters. The summed E-state index contributed by atoms with van der Waals surface area (Å²) in [7, 11) is 1.79. The summed E-state index contributed by atoms with van der Waals surface area (Å²) in [5.41, 5.74) is 0. The van der Waals surface area contributed by atoms with Gasteiger partial charge >= 0.3 is 0 Å². The minimum Gasteiger partial charge on any atom is -0.383 e. The van der Waals surface area contributed by atoms with Crippen molar-refractivity contribution in [2.24, 2.45) is 11.8 Å². The van der Waals surface area contributed by atoms with Gasteiger partial charge in [-0.05, 0) is 32.2 Å². The highest BCUT2D eigenvalue weighted by Crippen LogP contribution is 2.10. The molecule has 0 rings (SSSR count). The van der Waals surface area contributed by atoms with Gasteiger partial charge in [-0.3, -0.25) is 4.90 Å². The van der Waals surface area contributed by atoms with Crippen molar-refractivity contribution in [1.29, 1.82) is 0 Å². The predicted octanol–water partition coefficient (Wildman–Crippen LogP) is 2.61. The van der Waals surface area contributed by atoms with Gasteiger partial charge in [0.1, 0.15) is 0 Å². The standard InChI is InChI=1S/C15H34N2O/c1-12(2)8-16-9-15(11-18-7)17(14(5)6)10-13(3)4/h12-16H,8-11H2,1-7H3. The zero-order valence-corrected chi connectivity index (χ0v) is 13.5. The van der Waals surface area contributed by atoms with Gasteiger partial charge in [0, 0.05) is 32.3 Å². The maximum absolute atomic E-state index is 5.39. The third-order valence-electron chi connectivity index (χ3n) is 3.00. The minimum atomic E-state index is 0.469. The first-order valence-corrected chi connectivity index (χ1v) is 7.33. The Bertz CT molecular complexity index is 193. The molecule has 0 saturated carbocycles. The molecule has 0 aromatic heterocycles. The van der Waals surface area contributed by atoms with Gasteiger partial charge in [0.25, 0.3) is 0 Å². The van der Waals surface area contributed by atoms with Crippen LogP contribution in [0.25, 0.3) is 0 Å². The van der Waals surface area contributed by atoms with Crippen molar-refractivity contribution in [3.63, 3.8) is 0 Å². The topological polar surface area (TPSA) is 24.5 Å². The van der Waals surface area contributed by atoms with E-state index in [4.69, 9.17) is 4.74 Å². The molecule has 0 aromatic carbocycles. The van der Waals surface area contributed by atoms with Gasteiger partial charge in [-0.25, -0.2) is 0 Å². The van der Waals surface area contributed by atoms with E-state index < -0.39 is 0 Å². The first-order valence-electron chi connectivity index (χ1n) is 7.33. The van der Waals surface area contributed by atoms with E-state index >= 15 is 0 Å². The summed E-state index contributed by atoms with van der Waals surface area (Å²) in [5, 5.41) is 3.56. The van der Waals surface area contributed by atoms with Crippen LogP contribution in [-0.4, -0.2) is 50.3 Å². The van der Waals surface area contributed by atoms with Crippen LogP contribution in [-0.2, 0) is 4.74 Å². The molecule has 0 heterocycles. The normalized spacial score (nSPS) is 14.2. The van der Waals surface area contributed by atoms with Crippen molar-refractivity contribution in [1.82, 2.24) is 10.2 Å². The molecule has 0 aliphatic carbocycles. The number of methoxy groups -OCH3 is 1. The molecule has 110 valence electrons. The Hall–Kier alpha value is -0.120. The van der Waals surface area contributed by atoms with Gasteiger partial charge in [0.2, 0.25) is 0 Å². The number of hydrogen-bond donors (Lipinski definition) is 1. The van der Waals surface area contributed by atoms with Gasteiger partial charge < -0.3 is 10.1 Å². The molecule has 1 atom stereocenters. The number of hydrogen-bond acceptors (Lipinski definition) is 3. The summed E-state index contributed by atoms with van der Waals surface area (Å²) in [6, 6.07) is 1.03. The van der Waals surface area contributed by atoms with Crippen molar-refractivity contribution in [3.05, 3.63) is 0 Å². The number of nitrogens with zero attached hydrogens (tertiary/aromatic N) is 1. The van der Waals surface area contributed by atoms with E-state index in [0.717, 1.165) is 26.2 Å². The Morgan fingerprint density at radius 2 is 1.56 bits per heavy atom. The third kappa shape index (κ3) is 8.06. The summed E-state index contributed by atoms with van der Waals surface area (Å²) >= 11 is 0. The largest absolute Gasteiger partial charge is 0.383 e. The lowest BCUT2D eigenvalue weighted by atomic mass is 10.1. The molecule has 0 radical (unpaired) electrons. The van der Waals surface area contributed by atoms with Crippen LogP contribution in [0.4, 0.5) is 0 Å². The summed E-state index contributed by atoms with van der Waals surface area (Å²) < 4.78 is 5.39. The van der Waals surface area contributed by atoms with Crippen LogP contribution in [0.5, 0.6) is 0 Å². The van der Waals surface area contributed by atoms with Crippen molar-refractivity contribution in [2.75, 3.05) is 33.4 Å². The lowest BCUT2D eigenvalue weighted by molar-refractivity contribution is 0.0609. The second-order valence-corrected chi connectivity index (χ2v) is 6.35. The van der Waals surface area contributed by atoms with E-state index in [-0.39, 0.29) is 0 Å². The average molecular weight is 258 g/mol. The summed E-state index contributed by atoms with van der Waals surface area (Å²) in [5.74, 6) is 1.39. The first-order chi connectivity index (χ1) is 8.38. The molecule has 0 aromatic rings. The van der Waals surface area contributed by atoms with Crippen LogP contribution in [0, 0.1) is 11.8 Å². The average Bonchev–Trinajstić information content (AvgIpc) is 2.24. The van der Waals surface area contributed by atoms with Gasteiger partial charge in [-0.15, -0.1) is 0 Å². The van der Waals surface area contributed by atoms with Crippen LogP contribution >= 0.6 is 0 Å². The summed E-state index contributed by atoms with van der Waals surface area (Å²) in [6.07, 6.45) is 0. The fourth-order valence-electron chi connectivity index (χ4n) is 2.21. The van der Waals surface area contributed by atoms with E-state index in [1.807, 2.05) is 0 Å². The fraction of sp³-hybridized carbons (Fsp3) is 1.00. The van der Waals surface area contributed by atoms with E-state index in [2.05, 4.69) is 51.8 Å². The molecule has 1 N–H and O–H groups in total. The monoisotopic (exact) mass is 258 g/mol. The molecule has 0 fully saturated rings. The Labute approximate surface area is 114 Å². The highest BCUT2D eigenvalue weighted by Gasteiger charge is 2.21. The Morgan fingerprint density at radius 1 is 0.944 bits per heavy atom. The molecule has 0 bridgehead atoms. The molecule has 0 aliphatic rings. The van der Waals surface area contributed by atoms with Crippen LogP contribution in [0.15, 0.2) is 0 Å². The maximum Gasteiger partial charge on any atom is 0.0630 e. The lowest BCUT2D eigenvalue weighted by Gasteiger charge is -2.36. The smallest absolute Gasteiger partial charge is 0.0630 e. The molecule has 0 saturated heterocycles. The molecule has 18 heavy (non-hydrogen) atoms. The molecule has 3 nitrogen and oxygen atoms in total. The molecular formula is C15H34N2O. The van der Waals surface area contributed by atoms with E-state index in [1.54, 1.807) is 7.11 Å². The zero-order valence-electron chi connectivity index (χ0n) is 13.5. The SMILES string of the molecule is COCC(CNCC(C)C)N(CC(C)C)C(C)C. The summed E-state index contributed by atoms with van der Waals surface area (Å²) in [4.78, 5) is 2.56. The van der Waals surface area contributed by atoms with Gasteiger partial charge in [-0.1, -0.05) is 27.7 Å². The van der Waals surface area contributed by atoms with Crippen molar-refractivity contribution in [3.8, 4) is 0 Å².